The number of aryl methyl sites for hydroxylation is 1. The molecule has 6 nitrogen and oxygen atoms in total. The molecule has 6 heteroatoms. The van der Waals surface area contributed by atoms with Crippen LogP contribution in [0.5, 0.6) is 0 Å². The zero-order chi connectivity index (χ0) is 18.4. The second-order valence-electron chi connectivity index (χ2n) is 6.57. The van der Waals surface area contributed by atoms with Gasteiger partial charge >= 0.3 is 0 Å². The van der Waals surface area contributed by atoms with Crippen LogP contribution in [0.4, 0.5) is 5.82 Å². The Bertz CT molecular complexity index is 1270. The molecule has 1 atom stereocenters. The van der Waals surface area contributed by atoms with Gasteiger partial charge in [0.2, 0.25) is 0 Å². The molecule has 0 aliphatic rings. The molecule has 5 rings (SSSR count). The molecule has 0 saturated heterocycles. The Hall–Kier alpha value is -3.41. The molecule has 0 saturated carbocycles. The Kier molecular flexibility index (Phi) is 3.57. The number of rotatable bonds is 4. The van der Waals surface area contributed by atoms with Gasteiger partial charge in [0.05, 0.1) is 17.1 Å². The quantitative estimate of drug-likeness (QED) is 0.494. The average Bonchev–Trinajstić information content (AvgIpc) is 3.27. The van der Waals surface area contributed by atoms with Gasteiger partial charge in [-0.1, -0.05) is 24.3 Å². The number of furan rings is 1. The van der Waals surface area contributed by atoms with E-state index in [9.17, 15) is 0 Å². The molecule has 0 bridgehead atoms. The number of aromatic nitrogens is 4. The van der Waals surface area contributed by atoms with Crippen molar-refractivity contribution < 1.29 is 4.42 Å². The fourth-order valence-electron chi connectivity index (χ4n) is 3.65. The van der Waals surface area contributed by atoms with E-state index < -0.39 is 0 Å². The van der Waals surface area contributed by atoms with E-state index in [2.05, 4.69) is 39.8 Å². The zero-order valence-electron chi connectivity index (χ0n) is 15.2. The number of anilines is 1. The lowest BCUT2D eigenvalue weighted by molar-refractivity contribution is 0.655. The Morgan fingerprint density at radius 2 is 1.89 bits per heavy atom. The highest BCUT2D eigenvalue weighted by Gasteiger charge is 2.19. The van der Waals surface area contributed by atoms with Crippen LogP contribution in [0.2, 0.25) is 0 Å². The third-order valence-corrected chi connectivity index (χ3v) is 4.90. The highest BCUT2D eigenvalue weighted by molar-refractivity contribution is 6.05. The van der Waals surface area contributed by atoms with E-state index in [4.69, 9.17) is 9.40 Å². The van der Waals surface area contributed by atoms with Crippen LogP contribution in [0, 0.1) is 0 Å². The molecule has 0 aliphatic carbocycles. The summed E-state index contributed by atoms with van der Waals surface area (Å²) in [5.41, 5.74) is 4.44. The molecule has 0 spiro atoms. The minimum atomic E-state index is -0.0383. The van der Waals surface area contributed by atoms with Crippen LogP contribution in [0.1, 0.15) is 25.7 Å². The number of fused-ring (bicyclic) bond motifs is 4. The molecule has 0 radical (unpaired) electrons. The molecule has 2 aromatic carbocycles. The third kappa shape index (κ3) is 2.44. The van der Waals surface area contributed by atoms with Crippen molar-refractivity contribution in [3.8, 4) is 0 Å². The summed E-state index contributed by atoms with van der Waals surface area (Å²) >= 11 is 0. The van der Waals surface area contributed by atoms with Crippen molar-refractivity contribution in [2.75, 3.05) is 5.32 Å². The molecule has 134 valence electrons. The van der Waals surface area contributed by atoms with Gasteiger partial charge < -0.3 is 14.3 Å². The van der Waals surface area contributed by atoms with Crippen molar-refractivity contribution in [1.29, 1.82) is 0 Å². The van der Waals surface area contributed by atoms with E-state index in [-0.39, 0.29) is 6.04 Å². The first-order valence-corrected chi connectivity index (χ1v) is 9.10. The summed E-state index contributed by atoms with van der Waals surface area (Å²) in [7, 11) is 0. The van der Waals surface area contributed by atoms with E-state index >= 15 is 0 Å². The first-order chi connectivity index (χ1) is 13.3. The summed E-state index contributed by atoms with van der Waals surface area (Å²) in [6.07, 6.45) is 1.57. The highest BCUT2D eigenvalue weighted by atomic mass is 16.3. The molecule has 0 amide bonds. The van der Waals surface area contributed by atoms with Gasteiger partial charge in [-0.15, -0.1) is 0 Å². The van der Waals surface area contributed by atoms with Crippen LogP contribution < -0.4 is 5.32 Å². The van der Waals surface area contributed by atoms with Crippen LogP contribution in [0.3, 0.4) is 0 Å². The normalized spacial score (nSPS) is 12.8. The molecule has 3 heterocycles. The Balaban J connectivity index is 1.59. The van der Waals surface area contributed by atoms with Gasteiger partial charge in [-0.3, -0.25) is 0 Å². The number of imidazole rings is 1. The van der Waals surface area contributed by atoms with Gasteiger partial charge in [-0.2, -0.15) is 0 Å². The fourth-order valence-corrected chi connectivity index (χ4v) is 3.65. The van der Waals surface area contributed by atoms with Crippen molar-refractivity contribution in [1.82, 2.24) is 19.5 Å². The number of hydrogen-bond donors (Lipinski definition) is 1. The first-order valence-electron chi connectivity index (χ1n) is 9.10. The molecule has 1 unspecified atom stereocenters. The van der Waals surface area contributed by atoms with E-state index in [1.54, 1.807) is 6.33 Å². The van der Waals surface area contributed by atoms with E-state index in [1.165, 1.54) is 0 Å². The maximum Gasteiger partial charge on any atom is 0.196 e. The lowest BCUT2D eigenvalue weighted by Gasteiger charge is -2.15. The smallest absolute Gasteiger partial charge is 0.196 e. The highest BCUT2D eigenvalue weighted by Crippen LogP contribution is 2.32. The molecule has 0 fully saturated rings. The number of hydrogen-bond acceptors (Lipinski definition) is 5. The number of para-hydroxylation sites is 3. The minimum Gasteiger partial charge on any atom is -0.450 e. The lowest BCUT2D eigenvalue weighted by atomic mass is 10.2. The fraction of sp³-hybridized carbons (Fsp3) is 0.190. The van der Waals surface area contributed by atoms with Crippen LogP contribution in [-0.4, -0.2) is 19.5 Å². The molecule has 5 aromatic rings. The summed E-state index contributed by atoms with van der Waals surface area (Å²) in [4.78, 5) is 13.7. The van der Waals surface area contributed by atoms with Crippen molar-refractivity contribution in [3.63, 3.8) is 0 Å². The molecule has 27 heavy (non-hydrogen) atoms. The van der Waals surface area contributed by atoms with E-state index in [1.807, 2.05) is 42.5 Å². The van der Waals surface area contributed by atoms with Crippen molar-refractivity contribution in [3.05, 3.63) is 60.7 Å². The SMILES string of the molecule is CCn1c(C(C)Nc2ncnc3c2oc2ccccc23)nc2ccccc21. The summed E-state index contributed by atoms with van der Waals surface area (Å²) in [6.45, 7) is 5.07. The topological polar surface area (TPSA) is 68.8 Å². The predicted octanol–water partition coefficient (Wildman–Crippen LogP) is 4.92. The van der Waals surface area contributed by atoms with Crippen molar-refractivity contribution >= 4 is 38.9 Å². The summed E-state index contributed by atoms with van der Waals surface area (Å²) in [5.74, 6) is 1.65. The summed E-state index contributed by atoms with van der Waals surface area (Å²) in [6, 6.07) is 16.1. The Morgan fingerprint density at radius 3 is 2.78 bits per heavy atom. The maximum atomic E-state index is 6.02. The first kappa shape index (κ1) is 15.8. The van der Waals surface area contributed by atoms with Crippen LogP contribution in [0.25, 0.3) is 33.1 Å². The van der Waals surface area contributed by atoms with Crippen LogP contribution in [0.15, 0.2) is 59.3 Å². The number of nitrogens with zero attached hydrogens (tertiary/aromatic N) is 4. The second kappa shape index (κ2) is 6.09. The van der Waals surface area contributed by atoms with Gasteiger partial charge in [0.15, 0.2) is 11.4 Å². The van der Waals surface area contributed by atoms with Crippen LogP contribution in [-0.2, 0) is 6.54 Å². The number of nitrogens with one attached hydrogen (secondary N) is 1. The molecular weight excluding hydrogens is 338 g/mol. The molecule has 1 N–H and O–H groups in total. The monoisotopic (exact) mass is 357 g/mol. The zero-order valence-corrected chi connectivity index (χ0v) is 15.2. The lowest BCUT2D eigenvalue weighted by Crippen LogP contribution is -2.14. The van der Waals surface area contributed by atoms with Gasteiger partial charge in [-0.05, 0) is 38.1 Å². The standard InChI is InChI=1S/C21H19N5O/c1-3-26-16-10-6-5-9-15(16)25-21(26)13(2)24-20-19-18(22-12-23-20)14-8-4-7-11-17(14)27-19/h4-13H,3H2,1-2H3,(H,22,23,24). The molecule has 0 aliphatic heterocycles. The van der Waals surface area contributed by atoms with Crippen molar-refractivity contribution in [2.24, 2.45) is 0 Å². The van der Waals surface area contributed by atoms with E-state index in [0.29, 0.717) is 11.4 Å². The minimum absolute atomic E-state index is 0.0383. The maximum absolute atomic E-state index is 6.02. The average molecular weight is 357 g/mol. The summed E-state index contributed by atoms with van der Waals surface area (Å²) in [5, 5.41) is 4.46. The number of benzene rings is 2. The van der Waals surface area contributed by atoms with Crippen LogP contribution >= 0.6 is 0 Å². The van der Waals surface area contributed by atoms with Gasteiger partial charge in [0.1, 0.15) is 23.3 Å². The van der Waals surface area contributed by atoms with Gasteiger partial charge in [0.25, 0.3) is 0 Å². The Labute approximate surface area is 155 Å². The summed E-state index contributed by atoms with van der Waals surface area (Å²) < 4.78 is 8.25. The second-order valence-corrected chi connectivity index (χ2v) is 6.57. The van der Waals surface area contributed by atoms with Gasteiger partial charge in [-0.25, -0.2) is 15.0 Å². The van der Waals surface area contributed by atoms with Crippen molar-refractivity contribution in [2.45, 2.75) is 26.4 Å². The predicted molar refractivity (Wildman–Crippen MR) is 107 cm³/mol. The molecule has 3 aromatic heterocycles. The molecular formula is C21H19N5O. The van der Waals surface area contributed by atoms with Gasteiger partial charge in [0, 0.05) is 11.9 Å². The largest absolute Gasteiger partial charge is 0.450 e. The van der Waals surface area contributed by atoms with E-state index in [0.717, 1.165) is 39.9 Å². The Morgan fingerprint density at radius 1 is 1.07 bits per heavy atom. The third-order valence-electron chi connectivity index (χ3n) is 4.90.